The molecule has 0 saturated carbocycles. The van der Waals surface area contributed by atoms with Crippen molar-refractivity contribution in [3.8, 4) is 23.5 Å². The van der Waals surface area contributed by atoms with Gasteiger partial charge in [0.1, 0.15) is 0 Å². The predicted octanol–water partition coefficient (Wildman–Crippen LogP) is 4.63. The zero-order valence-corrected chi connectivity index (χ0v) is 24.7. The average molecular weight is 842 g/mol. The maximum atomic E-state index is 14.2. The first-order valence-corrected chi connectivity index (χ1v) is 14.9. The van der Waals surface area contributed by atoms with Crippen LogP contribution in [-0.4, -0.2) is 93.3 Å². The van der Waals surface area contributed by atoms with E-state index in [-0.39, 0.29) is 0 Å². The highest BCUT2D eigenvalue weighted by Crippen LogP contribution is 2.62. The first-order valence-electron chi connectivity index (χ1n) is 12.1. The molecule has 0 unspecified atom stereocenters. The van der Waals surface area contributed by atoms with Crippen LogP contribution in [0.4, 0.5) is 79.0 Å². The van der Waals surface area contributed by atoms with E-state index in [0.717, 1.165) is 0 Å². The standard InChI is InChI=1S/C20H8F18N2O10S2/c21-13(22,17(29,30)31)15(25,26)19(35,36)51(45,46)49-39-9(41)5-3-1-2-4(7(5)11(39)43)8-6(3)10(42)40(12(8)44)50-52(47,48)20(37,38)16(27,28)14(23,24)18(32,33)34/h1-4,41-44H. The van der Waals surface area contributed by atoms with Crippen LogP contribution in [-0.2, 0) is 20.2 Å². The Kier molecular flexibility index (Phi) is 8.31. The van der Waals surface area contributed by atoms with E-state index >= 15 is 0 Å². The summed E-state index contributed by atoms with van der Waals surface area (Å²) in [6.07, 6.45) is -13.8. The van der Waals surface area contributed by atoms with Gasteiger partial charge < -0.3 is 20.4 Å². The third kappa shape index (κ3) is 4.76. The Hall–Kier alpha value is -4.26. The second-order valence-electron chi connectivity index (χ2n) is 10.3. The van der Waals surface area contributed by atoms with E-state index in [9.17, 15) is 116 Å². The Bertz CT molecular complexity index is 1880. The van der Waals surface area contributed by atoms with Crippen LogP contribution in [0.5, 0.6) is 23.5 Å². The van der Waals surface area contributed by atoms with Crippen molar-refractivity contribution in [2.45, 2.75) is 58.4 Å². The minimum atomic E-state index is -7.90. The quantitative estimate of drug-likeness (QED) is 0.195. The molecule has 0 atom stereocenters. The topological polar surface area (TPSA) is 178 Å². The summed E-state index contributed by atoms with van der Waals surface area (Å²) in [7, 11) is -15.8. The highest BCUT2D eigenvalue weighted by Gasteiger charge is 2.87. The first-order chi connectivity index (χ1) is 22.8. The van der Waals surface area contributed by atoms with E-state index in [2.05, 4.69) is 8.57 Å². The lowest BCUT2D eigenvalue weighted by Crippen LogP contribution is -2.64. The minimum Gasteiger partial charge on any atom is -0.492 e. The third-order valence-electron chi connectivity index (χ3n) is 7.26. The van der Waals surface area contributed by atoms with Gasteiger partial charge in [-0.1, -0.05) is 21.6 Å². The van der Waals surface area contributed by atoms with E-state index < -0.39 is 134 Å². The summed E-state index contributed by atoms with van der Waals surface area (Å²) in [6.45, 7) is 0. The van der Waals surface area contributed by atoms with E-state index in [4.69, 9.17) is 0 Å². The van der Waals surface area contributed by atoms with Gasteiger partial charge >= 0.3 is 66.8 Å². The van der Waals surface area contributed by atoms with Crippen LogP contribution in [0.2, 0.25) is 0 Å². The Balaban J connectivity index is 1.80. The van der Waals surface area contributed by atoms with Crippen molar-refractivity contribution in [2.75, 3.05) is 0 Å². The molecule has 0 aromatic carbocycles. The molecule has 12 nitrogen and oxygen atoms in total. The number of halogens is 18. The van der Waals surface area contributed by atoms with Gasteiger partial charge in [0.25, 0.3) is 0 Å². The number of aromatic hydroxyl groups is 4. The zero-order chi connectivity index (χ0) is 40.8. The fourth-order valence-electron chi connectivity index (χ4n) is 4.71. The Morgan fingerprint density at radius 2 is 0.654 bits per heavy atom. The van der Waals surface area contributed by atoms with Crippen molar-refractivity contribution in [2.24, 2.45) is 0 Å². The monoisotopic (exact) mass is 842 g/mol. The Labute approximate surface area is 271 Å². The number of alkyl halides is 18. The van der Waals surface area contributed by atoms with Crippen LogP contribution < -0.4 is 8.57 Å². The fraction of sp³-hybridized carbons (Fsp3) is 0.500. The normalized spacial score (nSPS) is 19.1. The highest BCUT2D eigenvalue weighted by atomic mass is 32.2. The molecule has 0 fully saturated rings. The number of nitrogens with zero attached hydrogens (tertiary/aromatic N) is 2. The molecule has 2 bridgehead atoms. The SMILES string of the molecule is O=S(=O)(On1c(O)c2c(c1O)C1C=CC2c2c1c(O)n(OS(=O)(=O)C(F)(F)C(F)(F)C(F)(F)C(F)(F)F)c2O)C(F)(F)C(F)(F)C(F)(F)C(F)(F)F. The van der Waals surface area contributed by atoms with Gasteiger partial charge in [0.15, 0.2) is 0 Å². The summed E-state index contributed by atoms with van der Waals surface area (Å²) in [5, 5.41) is 26.5. The van der Waals surface area contributed by atoms with Crippen molar-refractivity contribution in [3.63, 3.8) is 0 Å². The van der Waals surface area contributed by atoms with E-state index in [0.29, 0.717) is 12.2 Å². The summed E-state index contributed by atoms with van der Waals surface area (Å²) in [5.74, 6) is -44.4. The smallest absolute Gasteiger partial charge is 0.460 e. The van der Waals surface area contributed by atoms with Crippen molar-refractivity contribution in [1.82, 2.24) is 9.46 Å². The van der Waals surface area contributed by atoms with Crippen LogP contribution in [0.1, 0.15) is 34.1 Å². The van der Waals surface area contributed by atoms with Gasteiger partial charge in [0.2, 0.25) is 23.5 Å². The fourth-order valence-corrected chi connectivity index (χ4v) is 6.46. The second kappa shape index (κ2) is 10.7. The van der Waals surface area contributed by atoms with Crippen LogP contribution in [0.3, 0.4) is 0 Å². The van der Waals surface area contributed by atoms with Crippen LogP contribution in [0, 0.1) is 0 Å². The van der Waals surface area contributed by atoms with Crippen molar-refractivity contribution in [1.29, 1.82) is 0 Å². The van der Waals surface area contributed by atoms with Gasteiger partial charge in [0, 0.05) is 34.1 Å². The van der Waals surface area contributed by atoms with Crippen molar-refractivity contribution in [3.05, 3.63) is 34.4 Å². The summed E-state index contributed by atoms with van der Waals surface area (Å²) < 4.78 is 291. The summed E-state index contributed by atoms with van der Waals surface area (Å²) in [6, 6.07) is 0. The molecule has 296 valence electrons. The van der Waals surface area contributed by atoms with Gasteiger partial charge in [0.05, 0.1) is 0 Å². The van der Waals surface area contributed by atoms with Gasteiger partial charge in [-0.05, 0) is 0 Å². The number of allylic oxidation sites excluding steroid dienone is 2. The molecule has 2 aromatic heterocycles. The summed E-state index contributed by atoms with van der Waals surface area (Å²) in [4.78, 5) is 0. The van der Waals surface area contributed by atoms with Crippen molar-refractivity contribution >= 4 is 20.2 Å². The molecule has 3 aliphatic carbocycles. The molecule has 2 aromatic rings. The average Bonchev–Trinajstić information content (AvgIpc) is 3.37. The van der Waals surface area contributed by atoms with Gasteiger partial charge in [-0.2, -0.15) is 95.9 Å². The molecule has 0 saturated heterocycles. The molecule has 3 aliphatic rings. The van der Waals surface area contributed by atoms with Crippen LogP contribution >= 0.6 is 0 Å². The molecule has 0 radical (unpaired) electrons. The maximum Gasteiger partial charge on any atom is 0.460 e. The number of hydrogen-bond acceptors (Lipinski definition) is 10. The number of hydrogen-bond donors (Lipinski definition) is 4. The summed E-state index contributed by atoms with van der Waals surface area (Å²) >= 11 is 0. The van der Waals surface area contributed by atoms with Crippen LogP contribution in [0.25, 0.3) is 0 Å². The largest absolute Gasteiger partial charge is 0.492 e. The highest BCUT2D eigenvalue weighted by molar-refractivity contribution is 7.88. The Morgan fingerprint density at radius 3 is 0.846 bits per heavy atom. The molecular weight excluding hydrogens is 834 g/mol. The maximum absolute atomic E-state index is 14.2. The molecule has 4 N–H and O–H groups in total. The first kappa shape index (κ1) is 40.5. The third-order valence-corrected chi connectivity index (χ3v) is 9.72. The molecular formula is C20H8F18N2O10S2. The van der Waals surface area contributed by atoms with E-state index in [1.165, 1.54) is 0 Å². The molecule has 52 heavy (non-hydrogen) atoms. The molecule has 2 heterocycles. The lowest BCUT2D eigenvalue weighted by atomic mass is 9.70. The lowest BCUT2D eigenvalue weighted by Gasteiger charge is -2.32. The second-order valence-corrected chi connectivity index (χ2v) is 13.4. The minimum absolute atomic E-state index is 0.616. The Morgan fingerprint density at radius 1 is 0.442 bits per heavy atom. The van der Waals surface area contributed by atoms with Gasteiger partial charge in [-0.25, -0.2) is 0 Å². The zero-order valence-electron chi connectivity index (χ0n) is 23.1. The molecule has 0 spiro atoms. The molecule has 0 amide bonds. The lowest BCUT2D eigenvalue weighted by molar-refractivity contribution is -0.382. The van der Waals surface area contributed by atoms with Crippen LogP contribution in [0.15, 0.2) is 12.2 Å². The van der Waals surface area contributed by atoms with Gasteiger partial charge in [-0.3, -0.25) is 8.57 Å². The van der Waals surface area contributed by atoms with Crippen molar-refractivity contribution < 1.29 is 125 Å². The number of rotatable bonds is 10. The number of aromatic nitrogens is 2. The molecule has 0 aliphatic heterocycles. The summed E-state index contributed by atoms with van der Waals surface area (Å²) in [5.41, 5.74) is -4.89. The molecule has 5 rings (SSSR count). The van der Waals surface area contributed by atoms with E-state index in [1.807, 2.05) is 0 Å². The molecule has 32 heteroatoms. The predicted molar refractivity (Wildman–Crippen MR) is 121 cm³/mol. The van der Waals surface area contributed by atoms with Gasteiger partial charge in [-0.15, -0.1) is 0 Å². The van der Waals surface area contributed by atoms with E-state index in [1.54, 1.807) is 0 Å².